The highest BCUT2D eigenvalue weighted by Crippen LogP contribution is 2.16. The van der Waals surface area contributed by atoms with Crippen LogP contribution in [0.25, 0.3) is 0 Å². The number of hydrogen-bond donors (Lipinski definition) is 0. The molecule has 0 aromatic carbocycles. The van der Waals surface area contributed by atoms with Gasteiger partial charge in [0.25, 0.3) is 0 Å². The van der Waals surface area contributed by atoms with Crippen LogP contribution in [-0.2, 0) is 14.3 Å². The third-order valence-electron chi connectivity index (χ3n) is 1.50. The first-order chi connectivity index (χ1) is 4.61. The first-order valence-corrected chi connectivity index (χ1v) is 3.33. The maximum atomic E-state index is 10.9. The Kier molecular flexibility index (Phi) is 1.74. The van der Waals surface area contributed by atoms with E-state index in [2.05, 4.69) is 0 Å². The fraction of sp³-hybridized carbons (Fsp3) is 0.714. The fourth-order valence-electron chi connectivity index (χ4n) is 1.000. The number of rotatable bonds is 1. The maximum Gasteiger partial charge on any atom is 0.314 e. The largest absolute Gasteiger partial charge is 0.454 e. The van der Waals surface area contributed by atoms with Crippen LogP contribution in [0.5, 0.6) is 0 Å². The van der Waals surface area contributed by atoms with Gasteiger partial charge in [0, 0.05) is 0 Å². The molecule has 0 radical (unpaired) electrons. The Labute approximate surface area is 59.4 Å². The van der Waals surface area contributed by atoms with Gasteiger partial charge >= 0.3 is 5.97 Å². The van der Waals surface area contributed by atoms with E-state index in [9.17, 15) is 9.59 Å². The number of hydrogen-bond acceptors (Lipinski definition) is 3. The van der Waals surface area contributed by atoms with Crippen molar-refractivity contribution in [2.45, 2.75) is 26.4 Å². The molecule has 1 fully saturated rings. The van der Waals surface area contributed by atoms with E-state index in [1.54, 1.807) is 0 Å². The van der Waals surface area contributed by atoms with E-state index in [0.29, 0.717) is 0 Å². The summed E-state index contributed by atoms with van der Waals surface area (Å²) in [7, 11) is 0. The van der Waals surface area contributed by atoms with Gasteiger partial charge in [0.1, 0.15) is 6.42 Å². The van der Waals surface area contributed by atoms with Crippen LogP contribution >= 0.6 is 0 Å². The van der Waals surface area contributed by atoms with Gasteiger partial charge in [0.05, 0.1) is 0 Å². The first-order valence-electron chi connectivity index (χ1n) is 3.33. The van der Waals surface area contributed by atoms with E-state index in [4.69, 9.17) is 4.74 Å². The lowest BCUT2D eigenvalue weighted by atomic mass is 10.0. The molecule has 3 nitrogen and oxygen atoms in total. The Morgan fingerprint density at radius 2 is 2.10 bits per heavy atom. The van der Waals surface area contributed by atoms with Crippen molar-refractivity contribution in [1.82, 2.24) is 0 Å². The third-order valence-corrected chi connectivity index (χ3v) is 1.50. The fourth-order valence-corrected chi connectivity index (χ4v) is 1.000. The number of cyclic esters (lactones) is 1. The summed E-state index contributed by atoms with van der Waals surface area (Å²) in [5, 5.41) is 0. The van der Waals surface area contributed by atoms with E-state index >= 15 is 0 Å². The number of carbonyl (C=O) groups is 2. The van der Waals surface area contributed by atoms with Crippen LogP contribution in [0.3, 0.4) is 0 Å². The molecule has 1 aliphatic heterocycles. The highest BCUT2D eigenvalue weighted by molar-refractivity contribution is 6.03. The van der Waals surface area contributed by atoms with Gasteiger partial charge in [0.15, 0.2) is 11.9 Å². The SMILES string of the molecule is CC(C)C1OC(=O)CC1=O. The Morgan fingerprint density at radius 1 is 1.50 bits per heavy atom. The van der Waals surface area contributed by atoms with Gasteiger partial charge in [-0.3, -0.25) is 9.59 Å². The van der Waals surface area contributed by atoms with Crippen LogP contribution in [0.4, 0.5) is 0 Å². The van der Waals surface area contributed by atoms with Gasteiger partial charge in [-0.15, -0.1) is 0 Å². The summed E-state index contributed by atoms with van der Waals surface area (Å²) in [6.07, 6.45) is -0.518. The average molecular weight is 142 g/mol. The molecule has 3 heteroatoms. The van der Waals surface area contributed by atoms with Crippen LogP contribution in [0.1, 0.15) is 20.3 Å². The molecule has 0 amide bonds. The summed E-state index contributed by atoms with van der Waals surface area (Å²) in [6, 6.07) is 0. The predicted molar refractivity (Wildman–Crippen MR) is 34.3 cm³/mol. The zero-order valence-electron chi connectivity index (χ0n) is 6.09. The Morgan fingerprint density at radius 3 is 2.30 bits per heavy atom. The molecule has 0 aromatic rings. The lowest BCUT2D eigenvalue weighted by Crippen LogP contribution is -2.21. The van der Waals surface area contributed by atoms with Crippen molar-refractivity contribution in [1.29, 1.82) is 0 Å². The maximum absolute atomic E-state index is 10.9. The third kappa shape index (κ3) is 1.17. The molecule has 0 spiro atoms. The summed E-state index contributed by atoms with van der Waals surface area (Å²) in [6.45, 7) is 3.72. The molecule has 1 rings (SSSR count). The molecule has 0 aliphatic carbocycles. The average Bonchev–Trinajstić information content (AvgIpc) is 2.10. The van der Waals surface area contributed by atoms with Crippen molar-refractivity contribution in [3.8, 4) is 0 Å². The van der Waals surface area contributed by atoms with Gasteiger partial charge in [-0.1, -0.05) is 13.8 Å². The first kappa shape index (κ1) is 7.25. The van der Waals surface area contributed by atoms with Crippen molar-refractivity contribution < 1.29 is 14.3 Å². The smallest absolute Gasteiger partial charge is 0.314 e. The second kappa shape index (κ2) is 2.40. The summed E-state index contributed by atoms with van der Waals surface area (Å²) < 4.78 is 4.75. The van der Waals surface area contributed by atoms with E-state index in [1.165, 1.54) is 0 Å². The normalized spacial score (nSPS) is 25.7. The highest BCUT2D eigenvalue weighted by Gasteiger charge is 2.34. The summed E-state index contributed by atoms with van der Waals surface area (Å²) in [5.74, 6) is -0.359. The zero-order valence-corrected chi connectivity index (χ0v) is 6.09. The van der Waals surface area contributed by atoms with Gasteiger partial charge in [-0.25, -0.2) is 0 Å². The van der Waals surface area contributed by atoms with Crippen LogP contribution in [0.15, 0.2) is 0 Å². The summed E-state index contributed by atoms with van der Waals surface area (Å²) >= 11 is 0. The minimum Gasteiger partial charge on any atom is -0.454 e. The highest BCUT2D eigenvalue weighted by atomic mass is 16.6. The van der Waals surface area contributed by atoms with E-state index in [-0.39, 0.29) is 24.1 Å². The summed E-state index contributed by atoms with van der Waals surface area (Å²) in [4.78, 5) is 21.4. The van der Waals surface area contributed by atoms with Crippen LogP contribution < -0.4 is 0 Å². The number of esters is 1. The van der Waals surface area contributed by atoms with Crippen LogP contribution in [0, 0.1) is 5.92 Å². The van der Waals surface area contributed by atoms with Gasteiger partial charge in [-0.05, 0) is 5.92 Å². The molecule has 0 bridgehead atoms. The van der Waals surface area contributed by atoms with Gasteiger partial charge in [0.2, 0.25) is 0 Å². The van der Waals surface area contributed by atoms with Gasteiger partial charge in [-0.2, -0.15) is 0 Å². The van der Waals surface area contributed by atoms with E-state index < -0.39 is 6.10 Å². The second-order valence-electron chi connectivity index (χ2n) is 2.80. The lowest BCUT2D eigenvalue weighted by molar-refractivity contribution is -0.144. The lowest BCUT2D eigenvalue weighted by Gasteiger charge is -2.10. The number of ether oxygens (including phenoxy) is 1. The van der Waals surface area contributed by atoms with E-state index in [1.807, 2.05) is 13.8 Å². The Hall–Kier alpha value is -0.860. The molecule has 1 saturated heterocycles. The molecule has 1 aliphatic rings. The molecule has 1 unspecified atom stereocenters. The van der Waals surface area contributed by atoms with E-state index in [0.717, 1.165) is 0 Å². The topological polar surface area (TPSA) is 43.4 Å². The second-order valence-corrected chi connectivity index (χ2v) is 2.80. The molecular formula is C7H10O3. The van der Waals surface area contributed by atoms with Crippen LogP contribution in [-0.4, -0.2) is 17.9 Å². The standard InChI is InChI=1S/C7H10O3/c1-4(2)7-5(8)3-6(9)10-7/h4,7H,3H2,1-2H3. The van der Waals surface area contributed by atoms with Crippen molar-refractivity contribution in [3.05, 3.63) is 0 Å². The molecule has 10 heavy (non-hydrogen) atoms. The molecule has 1 atom stereocenters. The quantitative estimate of drug-likeness (QED) is 0.396. The summed E-state index contributed by atoms with van der Waals surface area (Å²) in [5.41, 5.74) is 0. The number of carbonyl (C=O) groups excluding carboxylic acids is 2. The van der Waals surface area contributed by atoms with Crippen molar-refractivity contribution in [3.63, 3.8) is 0 Å². The molecule has 56 valence electrons. The predicted octanol–water partition coefficient (Wildman–Crippen LogP) is 0.527. The van der Waals surface area contributed by atoms with Crippen molar-refractivity contribution >= 4 is 11.8 Å². The Bertz CT molecular complexity index is 172. The number of ketones is 1. The Balaban J connectivity index is 2.63. The van der Waals surface area contributed by atoms with Crippen molar-refractivity contribution in [2.24, 2.45) is 5.92 Å². The zero-order chi connectivity index (χ0) is 7.72. The van der Waals surface area contributed by atoms with Gasteiger partial charge < -0.3 is 4.74 Å². The molecule has 0 aromatic heterocycles. The van der Waals surface area contributed by atoms with Crippen molar-refractivity contribution in [2.75, 3.05) is 0 Å². The van der Waals surface area contributed by atoms with Crippen LogP contribution in [0.2, 0.25) is 0 Å². The number of Topliss-reactive ketones (excluding diaryl/α,β-unsaturated/α-hetero) is 1. The molecule has 0 N–H and O–H groups in total. The minimum atomic E-state index is -0.479. The molecule has 0 saturated carbocycles. The molecular weight excluding hydrogens is 132 g/mol. The monoisotopic (exact) mass is 142 g/mol. The minimum absolute atomic E-state index is 0.0388. The molecule has 1 heterocycles.